The molecule has 2 N–H and O–H groups in total. The lowest BCUT2D eigenvalue weighted by molar-refractivity contribution is 0.0695. The van der Waals surface area contributed by atoms with Gasteiger partial charge in [-0.2, -0.15) is 4.98 Å². The van der Waals surface area contributed by atoms with Gasteiger partial charge in [0.1, 0.15) is 11.3 Å². The highest BCUT2D eigenvalue weighted by atomic mass is 35.5. The summed E-state index contributed by atoms with van der Waals surface area (Å²) in [6, 6.07) is 1.72. The van der Waals surface area contributed by atoms with Crippen LogP contribution in [0.25, 0.3) is 11.2 Å². The van der Waals surface area contributed by atoms with Gasteiger partial charge in [-0.25, -0.2) is 23.5 Å². The van der Waals surface area contributed by atoms with Crippen molar-refractivity contribution >= 4 is 46.4 Å². The zero-order chi connectivity index (χ0) is 23.7. The Hall–Kier alpha value is -3.21. The number of amides is 1. The number of nitrogens with zero attached hydrogens (tertiary/aromatic N) is 5. The fourth-order valence-electron chi connectivity index (χ4n) is 3.66. The standard InChI is InChI=1S/C21H24ClF2N7O2/c1-11(2)33-21(32)31-6-4-5-13(10-31)26-19-25-9-16-18(29-19)30(3)20(27-16)28-17-14(22)7-12(23)8-15(17)24/h7-9,11,13H,4-6,10H2,1-3H3,(H,27,28)(H,25,26,29)/t13-/m1/s1. The minimum Gasteiger partial charge on any atom is -0.447 e. The highest BCUT2D eigenvalue weighted by Gasteiger charge is 2.26. The molecule has 1 aliphatic heterocycles. The van der Waals surface area contributed by atoms with Crippen LogP contribution in [0, 0.1) is 11.6 Å². The Morgan fingerprint density at radius 2 is 2.09 bits per heavy atom. The second kappa shape index (κ2) is 9.34. The van der Waals surface area contributed by atoms with Crippen LogP contribution in [0.1, 0.15) is 26.7 Å². The lowest BCUT2D eigenvalue weighted by Gasteiger charge is -2.32. The van der Waals surface area contributed by atoms with E-state index < -0.39 is 11.6 Å². The first-order valence-electron chi connectivity index (χ1n) is 10.5. The summed E-state index contributed by atoms with van der Waals surface area (Å²) in [5, 5.41) is 5.95. The van der Waals surface area contributed by atoms with Gasteiger partial charge in [0.05, 0.1) is 23.0 Å². The molecule has 1 amide bonds. The summed E-state index contributed by atoms with van der Waals surface area (Å²) in [6.07, 6.45) is 2.72. The van der Waals surface area contributed by atoms with Crippen LogP contribution in [0.5, 0.6) is 0 Å². The van der Waals surface area contributed by atoms with E-state index in [1.165, 1.54) is 0 Å². The van der Waals surface area contributed by atoms with E-state index in [0.29, 0.717) is 30.2 Å². The molecule has 3 heterocycles. The topological polar surface area (TPSA) is 97.2 Å². The van der Waals surface area contributed by atoms with E-state index in [4.69, 9.17) is 16.3 Å². The number of benzene rings is 1. The van der Waals surface area contributed by atoms with Crippen LogP contribution in [-0.4, -0.2) is 55.7 Å². The normalized spacial score (nSPS) is 16.3. The highest BCUT2D eigenvalue weighted by molar-refractivity contribution is 6.33. The summed E-state index contributed by atoms with van der Waals surface area (Å²) in [6.45, 7) is 4.75. The molecule has 0 unspecified atom stereocenters. The van der Waals surface area contributed by atoms with E-state index in [1.807, 2.05) is 13.8 Å². The first-order chi connectivity index (χ1) is 15.7. The molecule has 176 valence electrons. The third-order valence-corrected chi connectivity index (χ3v) is 5.50. The molecule has 1 atom stereocenters. The lowest BCUT2D eigenvalue weighted by atomic mass is 10.1. The Balaban J connectivity index is 1.51. The summed E-state index contributed by atoms with van der Waals surface area (Å²) in [5.41, 5.74) is 0.897. The number of aromatic nitrogens is 4. The zero-order valence-corrected chi connectivity index (χ0v) is 19.2. The smallest absolute Gasteiger partial charge is 0.410 e. The number of imidazole rings is 1. The molecule has 12 heteroatoms. The average Bonchev–Trinajstić information content (AvgIpc) is 3.05. The van der Waals surface area contributed by atoms with Gasteiger partial charge in [-0.05, 0) is 32.8 Å². The van der Waals surface area contributed by atoms with Crippen LogP contribution in [0.15, 0.2) is 18.3 Å². The molecule has 4 rings (SSSR count). The van der Waals surface area contributed by atoms with Crippen molar-refractivity contribution in [3.05, 3.63) is 35.0 Å². The maximum Gasteiger partial charge on any atom is 0.410 e. The minimum atomic E-state index is -0.835. The summed E-state index contributed by atoms with van der Waals surface area (Å²) < 4.78 is 34.4. The van der Waals surface area contributed by atoms with Gasteiger partial charge >= 0.3 is 6.09 Å². The van der Waals surface area contributed by atoms with Gasteiger partial charge in [0.2, 0.25) is 11.9 Å². The molecule has 0 bridgehead atoms. The van der Waals surface area contributed by atoms with Crippen LogP contribution in [0.4, 0.5) is 31.2 Å². The molecular weight excluding hydrogens is 456 g/mol. The van der Waals surface area contributed by atoms with Gasteiger partial charge in [0, 0.05) is 32.2 Å². The number of hydrogen-bond acceptors (Lipinski definition) is 7. The number of hydrogen-bond donors (Lipinski definition) is 2. The number of aryl methyl sites for hydroxylation is 1. The van der Waals surface area contributed by atoms with Gasteiger partial charge in [0.25, 0.3) is 0 Å². The molecule has 1 aliphatic rings. The van der Waals surface area contributed by atoms with Crippen LogP contribution < -0.4 is 10.6 Å². The molecule has 2 aromatic heterocycles. The molecule has 0 radical (unpaired) electrons. The van der Waals surface area contributed by atoms with Crippen LogP contribution in [0.3, 0.4) is 0 Å². The SMILES string of the molecule is CC(C)OC(=O)N1CCC[C@@H](Nc2ncc3nc(Nc4c(F)cc(F)cc4Cl)n(C)c3n2)C1. The Morgan fingerprint density at radius 3 is 2.82 bits per heavy atom. The number of ether oxygens (including phenoxy) is 1. The van der Waals surface area contributed by atoms with Crippen LogP contribution in [0.2, 0.25) is 5.02 Å². The van der Waals surface area contributed by atoms with Crippen molar-refractivity contribution in [2.24, 2.45) is 7.05 Å². The number of likely N-dealkylation sites (tertiary alicyclic amines) is 1. The lowest BCUT2D eigenvalue weighted by Crippen LogP contribution is -2.46. The van der Waals surface area contributed by atoms with Crippen LogP contribution in [-0.2, 0) is 11.8 Å². The number of rotatable bonds is 5. The van der Waals surface area contributed by atoms with E-state index in [0.717, 1.165) is 25.0 Å². The molecule has 3 aromatic rings. The fraction of sp³-hybridized carbons (Fsp3) is 0.429. The summed E-state index contributed by atoms with van der Waals surface area (Å²) in [5.74, 6) is -0.956. The molecular formula is C21H24ClF2N7O2. The average molecular weight is 480 g/mol. The number of carbonyl (C=O) groups excluding carboxylic acids is 1. The van der Waals surface area contributed by atoms with E-state index in [-0.39, 0.29) is 34.9 Å². The molecule has 1 saturated heterocycles. The van der Waals surface area contributed by atoms with E-state index in [1.54, 1.807) is 22.7 Å². The second-order valence-electron chi connectivity index (χ2n) is 8.13. The number of halogens is 3. The van der Waals surface area contributed by atoms with Crippen molar-refractivity contribution in [1.82, 2.24) is 24.4 Å². The van der Waals surface area contributed by atoms with Crippen LogP contribution >= 0.6 is 11.6 Å². The van der Waals surface area contributed by atoms with Crippen molar-refractivity contribution < 1.29 is 18.3 Å². The number of fused-ring (bicyclic) bond motifs is 1. The Bertz CT molecular complexity index is 1160. The van der Waals surface area contributed by atoms with Crippen molar-refractivity contribution in [1.29, 1.82) is 0 Å². The molecule has 9 nitrogen and oxygen atoms in total. The fourth-order valence-corrected chi connectivity index (χ4v) is 3.90. The van der Waals surface area contributed by atoms with Gasteiger partial charge in [-0.1, -0.05) is 11.6 Å². The molecule has 0 aliphatic carbocycles. The third-order valence-electron chi connectivity index (χ3n) is 5.20. The Labute approximate surface area is 194 Å². The molecule has 1 fully saturated rings. The highest BCUT2D eigenvalue weighted by Crippen LogP contribution is 2.30. The van der Waals surface area contributed by atoms with Crippen molar-refractivity contribution in [2.45, 2.75) is 38.8 Å². The number of piperidine rings is 1. The maximum absolute atomic E-state index is 14.2. The quantitative estimate of drug-likeness (QED) is 0.557. The van der Waals surface area contributed by atoms with Gasteiger partial charge in [-0.15, -0.1) is 0 Å². The molecule has 0 spiro atoms. The first kappa shape index (κ1) is 23.0. The van der Waals surface area contributed by atoms with Gasteiger partial charge < -0.3 is 20.3 Å². The summed E-state index contributed by atoms with van der Waals surface area (Å²) >= 11 is 5.98. The van der Waals surface area contributed by atoms with Crippen molar-refractivity contribution in [3.63, 3.8) is 0 Å². The Morgan fingerprint density at radius 1 is 1.30 bits per heavy atom. The predicted molar refractivity (Wildman–Crippen MR) is 121 cm³/mol. The maximum atomic E-state index is 14.2. The monoisotopic (exact) mass is 479 g/mol. The van der Waals surface area contributed by atoms with Gasteiger partial charge in [-0.3, -0.25) is 4.57 Å². The number of nitrogens with one attached hydrogen (secondary N) is 2. The zero-order valence-electron chi connectivity index (χ0n) is 18.4. The van der Waals surface area contributed by atoms with Crippen molar-refractivity contribution in [2.75, 3.05) is 23.7 Å². The van der Waals surface area contributed by atoms with E-state index >= 15 is 0 Å². The number of carbonyl (C=O) groups is 1. The van der Waals surface area contributed by atoms with Crippen molar-refractivity contribution in [3.8, 4) is 0 Å². The van der Waals surface area contributed by atoms with Gasteiger partial charge in [0.15, 0.2) is 11.5 Å². The first-order valence-corrected chi connectivity index (χ1v) is 10.9. The summed E-state index contributed by atoms with van der Waals surface area (Å²) in [4.78, 5) is 27.1. The molecule has 1 aromatic carbocycles. The summed E-state index contributed by atoms with van der Waals surface area (Å²) in [7, 11) is 1.70. The molecule has 0 saturated carbocycles. The molecule has 33 heavy (non-hydrogen) atoms. The minimum absolute atomic E-state index is 0.0335. The second-order valence-corrected chi connectivity index (χ2v) is 8.54. The third kappa shape index (κ3) is 5.08. The Kier molecular flexibility index (Phi) is 6.50. The largest absolute Gasteiger partial charge is 0.447 e. The predicted octanol–water partition coefficient (Wildman–Crippen LogP) is 4.46. The van der Waals surface area contributed by atoms with E-state index in [9.17, 15) is 13.6 Å². The van der Waals surface area contributed by atoms with E-state index in [2.05, 4.69) is 25.6 Å². The number of anilines is 3.